The number of aliphatic hydroxyl groups is 1. The van der Waals surface area contributed by atoms with Crippen LogP contribution in [-0.4, -0.2) is 10.7 Å². The lowest BCUT2D eigenvalue weighted by Gasteiger charge is -2.54. The van der Waals surface area contributed by atoms with E-state index in [2.05, 4.69) is 41.5 Å². The third-order valence-corrected chi connectivity index (χ3v) is 5.88. The maximum atomic E-state index is 11.4. The van der Waals surface area contributed by atoms with Crippen molar-refractivity contribution in [1.29, 1.82) is 0 Å². The highest BCUT2D eigenvalue weighted by molar-refractivity contribution is 5.02. The van der Waals surface area contributed by atoms with Crippen molar-refractivity contribution in [2.75, 3.05) is 0 Å². The maximum Gasteiger partial charge on any atom is 0.0686 e. The second-order valence-electron chi connectivity index (χ2n) is 9.43. The molecular formula is C18H34O. The Morgan fingerprint density at radius 2 is 1.32 bits per heavy atom. The van der Waals surface area contributed by atoms with Gasteiger partial charge in [-0.25, -0.2) is 0 Å². The third kappa shape index (κ3) is 3.35. The van der Waals surface area contributed by atoms with Crippen molar-refractivity contribution < 1.29 is 5.11 Å². The van der Waals surface area contributed by atoms with Crippen molar-refractivity contribution in [3.63, 3.8) is 0 Å². The van der Waals surface area contributed by atoms with E-state index < -0.39 is 5.60 Å². The van der Waals surface area contributed by atoms with Gasteiger partial charge in [0.1, 0.15) is 0 Å². The quantitative estimate of drug-likeness (QED) is 0.706. The summed E-state index contributed by atoms with van der Waals surface area (Å²) in [5.74, 6) is 2.14. The Morgan fingerprint density at radius 3 is 1.79 bits per heavy atom. The average Bonchev–Trinajstić information content (AvgIpc) is 2.16. The fourth-order valence-corrected chi connectivity index (χ4v) is 5.46. The van der Waals surface area contributed by atoms with Crippen molar-refractivity contribution in [3.05, 3.63) is 0 Å². The Bertz CT molecular complexity index is 313. The van der Waals surface area contributed by atoms with Gasteiger partial charge in [-0.15, -0.1) is 0 Å². The molecule has 1 N–H and O–H groups in total. The first kappa shape index (κ1) is 15.4. The molecule has 0 aromatic rings. The Labute approximate surface area is 120 Å². The molecule has 0 aromatic heterocycles. The molecule has 0 spiro atoms. The number of rotatable bonds is 1. The molecule has 2 aliphatic rings. The zero-order valence-electron chi connectivity index (χ0n) is 13.9. The van der Waals surface area contributed by atoms with E-state index in [4.69, 9.17) is 0 Å². The van der Waals surface area contributed by atoms with Crippen molar-refractivity contribution in [2.45, 2.75) is 85.7 Å². The molecule has 112 valence electrons. The first-order chi connectivity index (χ1) is 8.53. The molecule has 0 aliphatic heterocycles. The summed E-state index contributed by atoms with van der Waals surface area (Å²) in [6.07, 6.45) is 6.98. The van der Waals surface area contributed by atoms with Gasteiger partial charge in [0.25, 0.3) is 0 Å². The SMILES string of the molecule is CC1CCC(C2(O)CC(C)(C)CC(C)(C)C2)CC1C. The summed E-state index contributed by atoms with van der Waals surface area (Å²) < 4.78 is 0. The number of hydrogen-bond acceptors (Lipinski definition) is 1. The first-order valence-corrected chi connectivity index (χ1v) is 8.25. The van der Waals surface area contributed by atoms with E-state index in [0.717, 1.165) is 24.7 Å². The molecule has 2 aliphatic carbocycles. The topological polar surface area (TPSA) is 20.2 Å². The van der Waals surface area contributed by atoms with Crippen LogP contribution in [0.3, 0.4) is 0 Å². The molecule has 0 aromatic carbocycles. The summed E-state index contributed by atoms with van der Waals surface area (Å²) in [6, 6.07) is 0. The molecule has 2 fully saturated rings. The van der Waals surface area contributed by atoms with Gasteiger partial charge in [0, 0.05) is 0 Å². The van der Waals surface area contributed by atoms with Crippen LogP contribution in [-0.2, 0) is 0 Å². The molecular weight excluding hydrogens is 232 g/mol. The Hall–Kier alpha value is -0.0400. The zero-order valence-corrected chi connectivity index (χ0v) is 13.9. The fourth-order valence-electron chi connectivity index (χ4n) is 5.46. The van der Waals surface area contributed by atoms with Gasteiger partial charge >= 0.3 is 0 Å². The highest BCUT2D eigenvalue weighted by Crippen LogP contribution is 2.55. The minimum atomic E-state index is -0.417. The van der Waals surface area contributed by atoms with Crippen LogP contribution in [0.4, 0.5) is 0 Å². The normalized spacial score (nSPS) is 40.9. The first-order valence-electron chi connectivity index (χ1n) is 8.25. The van der Waals surface area contributed by atoms with Crippen LogP contribution in [0.2, 0.25) is 0 Å². The maximum absolute atomic E-state index is 11.4. The summed E-state index contributed by atoms with van der Waals surface area (Å²) in [7, 11) is 0. The van der Waals surface area contributed by atoms with E-state index >= 15 is 0 Å². The molecule has 2 rings (SSSR count). The van der Waals surface area contributed by atoms with Crippen LogP contribution in [0.25, 0.3) is 0 Å². The lowest BCUT2D eigenvalue weighted by molar-refractivity contribution is -0.135. The molecule has 1 heteroatoms. The van der Waals surface area contributed by atoms with Crippen molar-refractivity contribution >= 4 is 0 Å². The lowest BCUT2D eigenvalue weighted by atomic mass is 9.54. The minimum absolute atomic E-state index is 0.281. The molecule has 19 heavy (non-hydrogen) atoms. The molecule has 0 bridgehead atoms. The molecule has 3 atom stereocenters. The molecule has 0 amide bonds. The molecule has 1 nitrogen and oxygen atoms in total. The molecule has 0 radical (unpaired) electrons. The van der Waals surface area contributed by atoms with Gasteiger partial charge in [0.15, 0.2) is 0 Å². The van der Waals surface area contributed by atoms with Gasteiger partial charge < -0.3 is 5.11 Å². The molecule has 3 unspecified atom stereocenters. The molecule has 0 heterocycles. The van der Waals surface area contributed by atoms with Crippen molar-refractivity contribution in [3.8, 4) is 0 Å². The minimum Gasteiger partial charge on any atom is -0.390 e. The predicted molar refractivity (Wildman–Crippen MR) is 82.0 cm³/mol. The summed E-state index contributed by atoms with van der Waals surface area (Å²) in [5, 5.41) is 11.4. The summed E-state index contributed by atoms with van der Waals surface area (Å²) in [4.78, 5) is 0. The standard InChI is InChI=1S/C18H34O/c1-13-7-8-15(9-14(13)2)18(19)11-16(3,4)10-17(5,6)12-18/h13-15,19H,7-12H2,1-6H3. The zero-order chi connectivity index (χ0) is 14.5. The summed E-state index contributed by atoms with van der Waals surface area (Å²) >= 11 is 0. The fraction of sp³-hybridized carbons (Fsp3) is 1.00. The van der Waals surface area contributed by atoms with Crippen LogP contribution in [0, 0.1) is 28.6 Å². The summed E-state index contributed by atoms with van der Waals surface area (Å²) in [6.45, 7) is 14.1. The van der Waals surface area contributed by atoms with E-state index in [0.29, 0.717) is 5.92 Å². The van der Waals surface area contributed by atoms with Crippen LogP contribution in [0.1, 0.15) is 80.1 Å². The van der Waals surface area contributed by atoms with Crippen LogP contribution >= 0.6 is 0 Å². The Morgan fingerprint density at radius 1 is 0.789 bits per heavy atom. The van der Waals surface area contributed by atoms with E-state index in [9.17, 15) is 5.11 Å². The Balaban J connectivity index is 2.17. The van der Waals surface area contributed by atoms with Crippen LogP contribution in [0.5, 0.6) is 0 Å². The van der Waals surface area contributed by atoms with Crippen LogP contribution in [0.15, 0.2) is 0 Å². The van der Waals surface area contributed by atoms with E-state index in [1.165, 1.54) is 25.7 Å². The molecule has 2 saturated carbocycles. The average molecular weight is 266 g/mol. The highest BCUT2D eigenvalue weighted by atomic mass is 16.3. The second-order valence-corrected chi connectivity index (χ2v) is 9.43. The second kappa shape index (κ2) is 4.76. The smallest absolute Gasteiger partial charge is 0.0686 e. The lowest BCUT2D eigenvalue weighted by Crippen LogP contribution is -2.51. The van der Waals surface area contributed by atoms with Crippen molar-refractivity contribution in [2.24, 2.45) is 28.6 Å². The van der Waals surface area contributed by atoms with Gasteiger partial charge in [-0.2, -0.15) is 0 Å². The number of hydrogen-bond donors (Lipinski definition) is 1. The van der Waals surface area contributed by atoms with Gasteiger partial charge in [0.2, 0.25) is 0 Å². The summed E-state index contributed by atoms with van der Waals surface area (Å²) in [5.41, 5.74) is 0.144. The Kier molecular flexibility index (Phi) is 3.84. The van der Waals surface area contributed by atoms with Gasteiger partial charge in [-0.05, 0) is 60.7 Å². The van der Waals surface area contributed by atoms with Gasteiger partial charge in [-0.1, -0.05) is 48.0 Å². The van der Waals surface area contributed by atoms with Gasteiger partial charge in [-0.3, -0.25) is 0 Å². The van der Waals surface area contributed by atoms with Crippen molar-refractivity contribution in [1.82, 2.24) is 0 Å². The largest absolute Gasteiger partial charge is 0.390 e. The van der Waals surface area contributed by atoms with E-state index in [-0.39, 0.29) is 10.8 Å². The molecule has 0 saturated heterocycles. The third-order valence-electron chi connectivity index (χ3n) is 5.88. The highest BCUT2D eigenvalue weighted by Gasteiger charge is 2.50. The monoisotopic (exact) mass is 266 g/mol. The van der Waals surface area contributed by atoms with E-state index in [1.54, 1.807) is 0 Å². The predicted octanol–water partition coefficient (Wildman–Crippen LogP) is 5.03. The van der Waals surface area contributed by atoms with Crippen LogP contribution < -0.4 is 0 Å². The van der Waals surface area contributed by atoms with E-state index in [1.807, 2.05) is 0 Å². The van der Waals surface area contributed by atoms with Gasteiger partial charge in [0.05, 0.1) is 5.60 Å².